The summed E-state index contributed by atoms with van der Waals surface area (Å²) in [5, 5.41) is 4.46. The van der Waals surface area contributed by atoms with Crippen molar-refractivity contribution in [2.24, 2.45) is 0 Å². The molecular weight excluding hydrogens is 232 g/mol. The van der Waals surface area contributed by atoms with Gasteiger partial charge in [-0.25, -0.2) is 0 Å². The van der Waals surface area contributed by atoms with Crippen LogP contribution in [0.15, 0.2) is 18.2 Å². The second-order valence-corrected chi connectivity index (χ2v) is 5.54. The van der Waals surface area contributed by atoms with Crippen LogP contribution in [-0.4, -0.2) is 25.2 Å². The number of hydrogen-bond donors (Lipinski definition) is 1. The summed E-state index contributed by atoms with van der Waals surface area (Å²) in [6.45, 7) is 8.70. The molecule has 1 aliphatic rings. The number of nitrogens with one attached hydrogen (secondary N) is 1. The smallest absolute Gasteiger partial charge is 0.0455 e. The minimum absolute atomic E-state index is 0.556. The molecule has 94 valence electrons. The number of nitrogens with zero attached hydrogens (tertiary/aromatic N) is 1. The number of rotatable bonds is 3. The Kier molecular flexibility index (Phi) is 3.95. The van der Waals surface area contributed by atoms with E-state index in [1.165, 1.54) is 17.7 Å². The molecule has 1 aliphatic heterocycles. The zero-order chi connectivity index (χ0) is 12.4. The Morgan fingerprint density at radius 3 is 2.88 bits per heavy atom. The molecule has 0 radical (unpaired) electrons. The number of halogens is 1. The molecule has 1 aromatic rings. The fraction of sp³-hybridized carbons (Fsp3) is 0.571. The van der Waals surface area contributed by atoms with E-state index < -0.39 is 0 Å². The van der Waals surface area contributed by atoms with Crippen molar-refractivity contribution in [1.82, 2.24) is 5.32 Å². The largest absolute Gasteiger partial charge is 0.370 e. The van der Waals surface area contributed by atoms with Gasteiger partial charge in [0.25, 0.3) is 0 Å². The van der Waals surface area contributed by atoms with Crippen LogP contribution in [0.4, 0.5) is 5.69 Å². The van der Waals surface area contributed by atoms with Gasteiger partial charge in [-0.3, -0.25) is 0 Å². The highest BCUT2D eigenvalue weighted by Gasteiger charge is 2.24. The lowest BCUT2D eigenvalue weighted by Crippen LogP contribution is -2.37. The van der Waals surface area contributed by atoms with Gasteiger partial charge >= 0.3 is 0 Å². The summed E-state index contributed by atoms with van der Waals surface area (Å²) in [4.78, 5) is 2.43. The third-order valence-electron chi connectivity index (χ3n) is 3.34. The van der Waals surface area contributed by atoms with Crippen molar-refractivity contribution in [3.8, 4) is 0 Å². The minimum atomic E-state index is 0.556. The predicted molar refractivity (Wildman–Crippen MR) is 75.1 cm³/mol. The SMILES string of the molecule is Cc1c(Cl)cccc1N1CCC(NC(C)C)C1. The topological polar surface area (TPSA) is 15.3 Å². The molecule has 2 nitrogen and oxygen atoms in total. The molecule has 3 heteroatoms. The summed E-state index contributed by atoms with van der Waals surface area (Å²) in [7, 11) is 0. The van der Waals surface area contributed by atoms with Gasteiger partial charge in [0.15, 0.2) is 0 Å². The molecule has 0 bridgehead atoms. The summed E-state index contributed by atoms with van der Waals surface area (Å²) in [6.07, 6.45) is 1.21. The van der Waals surface area contributed by atoms with Crippen LogP contribution in [0.5, 0.6) is 0 Å². The average molecular weight is 253 g/mol. The van der Waals surface area contributed by atoms with Crippen molar-refractivity contribution in [1.29, 1.82) is 0 Å². The van der Waals surface area contributed by atoms with E-state index in [4.69, 9.17) is 11.6 Å². The Morgan fingerprint density at radius 2 is 2.18 bits per heavy atom. The highest BCUT2D eigenvalue weighted by atomic mass is 35.5. The van der Waals surface area contributed by atoms with E-state index in [1.807, 2.05) is 12.1 Å². The molecule has 1 unspecified atom stereocenters. The fourth-order valence-corrected chi connectivity index (χ4v) is 2.69. The van der Waals surface area contributed by atoms with E-state index in [0.29, 0.717) is 12.1 Å². The molecule has 1 heterocycles. The standard InChI is InChI=1S/C14H21ClN2/c1-10(2)16-12-7-8-17(9-12)14-6-4-5-13(15)11(14)3/h4-6,10,12,16H,7-9H2,1-3H3. The molecule has 0 aromatic heterocycles. The highest BCUT2D eigenvalue weighted by Crippen LogP contribution is 2.29. The second-order valence-electron chi connectivity index (χ2n) is 5.14. The van der Waals surface area contributed by atoms with Gasteiger partial charge in [-0.2, -0.15) is 0 Å². The van der Waals surface area contributed by atoms with E-state index in [2.05, 4.69) is 37.1 Å². The van der Waals surface area contributed by atoms with Crippen LogP contribution in [0.3, 0.4) is 0 Å². The summed E-state index contributed by atoms with van der Waals surface area (Å²) in [6, 6.07) is 7.32. The zero-order valence-corrected chi connectivity index (χ0v) is 11.6. The van der Waals surface area contributed by atoms with Crippen molar-refractivity contribution in [3.63, 3.8) is 0 Å². The maximum atomic E-state index is 6.17. The number of hydrogen-bond acceptors (Lipinski definition) is 2. The molecule has 2 rings (SSSR count). The second kappa shape index (κ2) is 5.28. The number of anilines is 1. The van der Waals surface area contributed by atoms with Gasteiger partial charge in [0.05, 0.1) is 0 Å². The van der Waals surface area contributed by atoms with Gasteiger partial charge < -0.3 is 10.2 Å². The van der Waals surface area contributed by atoms with Crippen LogP contribution in [0.25, 0.3) is 0 Å². The van der Waals surface area contributed by atoms with Crippen molar-refractivity contribution >= 4 is 17.3 Å². The van der Waals surface area contributed by atoms with E-state index in [9.17, 15) is 0 Å². The Bertz CT molecular complexity index is 390. The van der Waals surface area contributed by atoms with Crippen molar-refractivity contribution in [2.75, 3.05) is 18.0 Å². The van der Waals surface area contributed by atoms with Gasteiger partial charge in [-0.05, 0) is 31.0 Å². The first-order chi connectivity index (χ1) is 8.08. The van der Waals surface area contributed by atoms with E-state index in [0.717, 1.165) is 18.1 Å². The van der Waals surface area contributed by atoms with Crippen molar-refractivity contribution < 1.29 is 0 Å². The lowest BCUT2D eigenvalue weighted by atomic mass is 10.2. The van der Waals surface area contributed by atoms with Gasteiger partial charge in [-0.15, -0.1) is 0 Å². The summed E-state index contributed by atoms with van der Waals surface area (Å²) in [5.74, 6) is 0. The Morgan fingerprint density at radius 1 is 1.41 bits per heavy atom. The quantitative estimate of drug-likeness (QED) is 0.889. The average Bonchev–Trinajstić information content (AvgIpc) is 2.69. The van der Waals surface area contributed by atoms with Crippen LogP contribution >= 0.6 is 11.6 Å². The molecule has 1 aromatic carbocycles. The van der Waals surface area contributed by atoms with Crippen LogP contribution in [-0.2, 0) is 0 Å². The summed E-state index contributed by atoms with van der Waals surface area (Å²) in [5.41, 5.74) is 2.48. The molecule has 1 N–H and O–H groups in total. The molecule has 0 saturated carbocycles. The predicted octanol–water partition coefficient (Wildman–Crippen LogP) is 3.23. The van der Waals surface area contributed by atoms with Crippen LogP contribution in [0, 0.1) is 6.92 Å². The monoisotopic (exact) mass is 252 g/mol. The maximum Gasteiger partial charge on any atom is 0.0455 e. The van der Waals surface area contributed by atoms with Crippen LogP contribution in [0.2, 0.25) is 5.02 Å². The first-order valence-corrected chi connectivity index (χ1v) is 6.72. The summed E-state index contributed by atoms with van der Waals surface area (Å²) < 4.78 is 0. The first-order valence-electron chi connectivity index (χ1n) is 6.34. The van der Waals surface area contributed by atoms with Crippen molar-refractivity contribution in [3.05, 3.63) is 28.8 Å². The third-order valence-corrected chi connectivity index (χ3v) is 3.75. The normalized spacial score (nSPS) is 20.3. The van der Waals surface area contributed by atoms with Gasteiger partial charge in [0.2, 0.25) is 0 Å². The summed E-state index contributed by atoms with van der Waals surface area (Å²) >= 11 is 6.17. The lowest BCUT2D eigenvalue weighted by molar-refractivity contribution is 0.492. The van der Waals surface area contributed by atoms with Gasteiger partial charge in [-0.1, -0.05) is 31.5 Å². The van der Waals surface area contributed by atoms with Crippen LogP contribution < -0.4 is 10.2 Å². The minimum Gasteiger partial charge on any atom is -0.370 e. The molecule has 0 aliphatic carbocycles. The number of benzene rings is 1. The third kappa shape index (κ3) is 2.93. The van der Waals surface area contributed by atoms with Gasteiger partial charge in [0, 0.05) is 35.9 Å². The maximum absolute atomic E-state index is 6.17. The van der Waals surface area contributed by atoms with E-state index >= 15 is 0 Å². The van der Waals surface area contributed by atoms with E-state index in [1.54, 1.807) is 0 Å². The molecular formula is C14H21ClN2. The molecule has 0 spiro atoms. The van der Waals surface area contributed by atoms with Gasteiger partial charge in [0.1, 0.15) is 0 Å². The Hall–Kier alpha value is -0.730. The van der Waals surface area contributed by atoms with Crippen LogP contribution in [0.1, 0.15) is 25.8 Å². The molecule has 1 atom stereocenters. The fourth-order valence-electron chi connectivity index (χ4n) is 2.53. The molecule has 1 fully saturated rings. The molecule has 17 heavy (non-hydrogen) atoms. The first kappa shape index (κ1) is 12.7. The highest BCUT2D eigenvalue weighted by molar-refractivity contribution is 6.31. The lowest BCUT2D eigenvalue weighted by Gasteiger charge is -2.22. The molecule has 1 saturated heterocycles. The van der Waals surface area contributed by atoms with E-state index in [-0.39, 0.29) is 0 Å². The van der Waals surface area contributed by atoms with Crippen molar-refractivity contribution in [2.45, 2.75) is 39.3 Å². The Labute approximate surface area is 109 Å². The zero-order valence-electron chi connectivity index (χ0n) is 10.8. The molecule has 0 amide bonds. The Balaban J connectivity index is 2.07.